The maximum atomic E-state index is 12.5. The zero-order chi connectivity index (χ0) is 17.0. The minimum atomic E-state index is -0.631. The zero-order valence-electron chi connectivity index (χ0n) is 15.0. The maximum Gasteiger partial charge on any atom is 0.244 e. The van der Waals surface area contributed by atoms with Gasteiger partial charge in [-0.05, 0) is 45.1 Å². The molecule has 1 heterocycles. The third kappa shape index (κ3) is 5.93. The molecule has 1 rings (SSSR count). The van der Waals surface area contributed by atoms with E-state index in [-0.39, 0.29) is 11.3 Å². The summed E-state index contributed by atoms with van der Waals surface area (Å²) in [5.74, 6) is -0.0537. The van der Waals surface area contributed by atoms with Gasteiger partial charge in [0, 0.05) is 25.0 Å². The van der Waals surface area contributed by atoms with E-state index < -0.39 is 5.54 Å². The Hall–Kier alpha value is -1.13. The van der Waals surface area contributed by atoms with E-state index in [1.54, 1.807) is 0 Å². The summed E-state index contributed by atoms with van der Waals surface area (Å²) in [7, 11) is 0. The average Bonchev–Trinajstić information content (AvgIpc) is 2.37. The summed E-state index contributed by atoms with van der Waals surface area (Å²) < 4.78 is 5.35. The highest BCUT2D eigenvalue weighted by Crippen LogP contribution is 2.25. The van der Waals surface area contributed by atoms with Crippen molar-refractivity contribution in [1.29, 1.82) is 0 Å². The van der Waals surface area contributed by atoms with Crippen molar-refractivity contribution in [2.45, 2.75) is 66.0 Å². The standard InChI is InChI=1S/C18H32N2O2/c1-13(17(3,4)5)12-14(2)19-16(21)18(6,7)20-15-8-10-22-11-9-15/h12,15,20H,2,8-11H2,1,3-7H3,(H,19,21)/b13-12+. The first-order valence-electron chi connectivity index (χ1n) is 8.07. The molecule has 4 nitrogen and oxygen atoms in total. The summed E-state index contributed by atoms with van der Waals surface area (Å²) in [5.41, 5.74) is 1.27. The van der Waals surface area contributed by atoms with Crippen molar-refractivity contribution in [1.82, 2.24) is 10.6 Å². The number of ether oxygens (including phenoxy) is 1. The van der Waals surface area contributed by atoms with Crippen LogP contribution in [0, 0.1) is 5.41 Å². The van der Waals surface area contributed by atoms with Crippen LogP contribution in [0.15, 0.2) is 23.9 Å². The molecule has 1 saturated heterocycles. The van der Waals surface area contributed by atoms with Gasteiger partial charge in [-0.25, -0.2) is 0 Å². The van der Waals surface area contributed by atoms with Crippen LogP contribution in [-0.4, -0.2) is 30.7 Å². The second-order valence-electron chi connectivity index (χ2n) is 7.71. The van der Waals surface area contributed by atoms with Crippen LogP contribution in [0.2, 0.25) is 0 Å². The third-order valence-electron chi connectivity index (χ3n) is 4.20. The zero-order valence-corrected chi connectivity index (χ0v) is 15.0. The lowest BCUT2D eigenvalue weighted by Crippen LogP contribution is -2.56. The molecule has 1 aliphatic rings. The largest absolute Gasteiger partial charge is 0.381 e. The molecular weight excluding hydrogens is 276 g/mol. The van der Waals surface area contributed by atoms with Crippen molar-refractivity contribution in [3.63, 3.8) is 0 Å². The van der Waals surface area contributed by atoms with Gasteiger partial charge >= 0.3 is 0 Å². The lowest BCUT2D eigenvalue weighted by Gasteiger charge is -2.33. The molecule has 0 aliphatic carbocycles. The molecule has 1 amide bonds. The smallest absolute Gasteiger partial charge is 0.244 e. The van der Waals surface area contributed by atoms with Crippen LogP contribution < -0.4 is 10.6 Å². The molecule has 0 atom stereocenters. The van der Waals surface area contributed by atoms with Crippen molar-refractivity contribution < 1.29 is 9.53 Å². The minimum absolute atomic E-state index is 0.0537. The summed E-state index contributed by atoms with van der Waals surface area (Å²) in [6.07, 6.45) is 3.84. The summed E-state index contributed by atoms with van der Waals surface area (Å²) in [6, 6.07) is 0.328. The van der Waals surface area contributed by atoms with E-state index in [4.69, 9.17) is 4.74 Å². The maximum absolute atomic E-state index is 12.5. The van der Waals surface area contributed by atoms with Gasteiger partial charge in [-0.1, -0.05) is 32.9 Å². The number of rotatable bonds is 5. The van der Waals surface area contributed by atoms with Crippen LogP contribution in [0.1, 0.15) is 54.4 Å². The Labute approximate surface area is 135 Å². The van der Waals surface area contributed by atoms with Crippen LogP contribution in [0.5, 0.6) is 0 Å². The summed E-state index contributed by atoms with van der Waals surface area (Å²) in [6.45, 7) is 17.8. The van der Waals surface area contributed by atoms with Gasteiger partial charge in [0.1, 0.15) is 0 Å². The molecule has 0 radical (unpaired) electrons. The molecule has 0 aromatic carbocycles. The Kier molecular flexibility index (Phi) is 6.38. The Morgan fingerprint density at radius 1 is 1.18 bits per heavy atom. The summed E-state index contributed by atoms with van der Waals surface area (Å²) in [4.78, 5) is 12.5. The fourth-order valence-corrected chi connectivity index (χ4v) is 2.23. The molecule has 1 aliphatic heterocycles. The normalized spacial score (nSPS) is 18.2. The molecule has 0 aromatic heterocycles. The van der Waals surface area contributed by atoms with Gasteiger partial charge in [-0.2, -0.15) is 0 Å². The van der Waals surface area contributed by atoms with Gasteiger partial charge in [0.05, 0.1) is 5.54 Å². The molecule has 126 valence electrons. The van der Waals surface area contributed by atoms with E-state index >= 15 is 0 Å². The Bertz CT molecular complexity index is 438. The van der Waals surface area contributed by atoms with Gasteiger partial charge in [0.25, 0.3) is 0 Å². The SMILES string of the molecule is C=C(/C=C(\C)C(C)(C)C)NC(=O)C(C)(C)NC1CCOCC1. The fraction of sp³-hybridized carbons (Fsp3) is 0.722. The first-order chi connectivity index (χ1) is 10.0. The Morgan fingerprint density at radius 2 is 1.73 bits per heavy atom. The lowest BCUT2D eigenvalue weighted by atomic mass is 9.87. The molecule has 0 aromatic rings. The van der Waals surface area contributed by atoms with Gasteiger partial charge in [-0.15, -0.1) is 0 Å². The van der Waals surface area contributed by atoms with Crippen molar-refractivity contribution in [2.75, 3.05) is 13.2 Å². The van der Waals surface area contributed by atoms with Crippen molar-refractivity contribution in [2.24, 2.45) is 5.41 Å². The first-order valence-corrected chi connectivity index (χ1v) is 8.07. The monoisotopic (exact) mass is 308 g/mol. The summed E-state index contributed by atoms with van der Waals surface area (Å²) in [5, 5.41) is 6.34. The number of amides is 1. The first kappa shape index (κ1) is 18.9. The topological polar surface area (TPSA) is 50.4 Å². The summed E-state index contributed by atoms with van der Waals surface area (Å²) >= 11 is 0. The molecule has 0 saturated carbocycles. The molecule has 22 heavy (non-hydrogen) atoms. The van der Waals surface area contributed by atoms with Crippen molar-refractivity contribution >= 4 is 5.91 Å². The molecule has 0 bridgehead atoms. The van der Waals surface area contributed by atoms with E-state index in [0.717, 1.165) is 26.1 Å². The molecular formula is C18H32N2O2. The lowest BCUT2D eigenvalue weighted by molar-refractivity contribution is -0.126. The van der Waals surface area contributed by atoms with E-state index in [9.17, 15) is 4.79 Å². The molecule has 0 unspecified atom stereocenters. The van der Waals surface area contributed by atoms with Crippen LogP contribution in [-0.2, 0) is 9.53 Å². The predicted molar refractivity (Wildman–Crippen MR) is 91.6 cm³/mol. The third-order valence-corrected chi connectivity index (χ3v) is 4.20. The second-order valence-corrected chi connectivity index (χ2v) is 7.71. The molecule has 4 heteroatoms. The average molecular weight is 308 g/mol. The quantitative estimate of drug-likeness (QED) is 0.767. The number of carbonyl (C=O) groups excluding carboxylic acids is 1. The van der Waals surface area contributed by atoms with E-state index in [1.807, 2.05) is 19.9 Å². The van der Waals surface area contributed by atoms with E-state index in [2.05, 4.69) is 44.9 Å². The number of hydrogen-bond acceptors (Lipinski definition) is 3. The molecule has 1 fully saturated rings. The van der Waals surface area contributed by atoms with Crippen LogP contribution in [0.4, 0.5) is 0 Å². The van der Waals surface area contributed by atoms with Crippen LogP contribution in [0.3, 0.4) is 0 Å². The van der Waals surface area contributed by atoms with Gasteiger partial charge in [-0.3, -0.25) is 4.79 Å². The number of hydrogen-bond donors (Lipinski definition) is 2. The highest BCUT2D eigenvalue weighted by molar-refractivity contribution is 5.87. The number of allylic oxidation sites excluding steroid dienone is 2. The Morgan fingerprint density at radius 3 is 2.23 bits per heavy atom. The van der Waals surface area contributed by atoms with Crippen LogP contribution in [0.25, 0.3) is 0 Å². The fourth-order valence-electron chi connectivity index (χ4n) is 2.23. The van der Waals surface area contributed by atoms with E-state index in [0.29, 0.717) is 11.7 Å². The molecule has 2 N–H and O–H groups in total. The van der Waals surface area contributed by atoms with Crippen LogP contribution >= 0.6 is 0 Å². The molecule has 0 spiro atoms. The van der Waals surface area contributed by atoms with E-state index in [1.165, 1.54) is 5.57 Å². The Balaban J connectivity index is 2.60. The van der Waals surface area contributed by atoms with Crippen molar-refractivity contribution in [3.05, 3.63) is 23.9 Å². The highest BCUT2D eigenvalue weighted by atomic mass is 16.5. The van der Waals surface area contributed by atoms with Gasteiger partial charge < -0.3 is 15.4 Å². The van der Waals surface area contributed by atoms with Gasteiger partial charge in [0.2, 0.25) is 5.91 Å². The van der Waals surface area contributed by atoms with Gasteiger partial charge in [0.15, 0.2) is 0 Å². The second kappa shape index (κ2) is 7.42. The van der Waals surface area contributed by atoms with Crippen molar-refractivity contribution in [3.8, 4) is 0 Å². The highest BCUT2D eigenvalue weighted by Gasteiger charge is 2.31. The number of nitrogens with one attached hydrogen (secondary N) is 2. The number of carbonyl (C=O) groups is 1. The minimum Gasteiger partial charge on any atom is -0.381 e. The predicted octanol–water partition coefficient (Wildman–Crippen LogP) is 3.16.